The summed E-state index contributed by atoms with van der Waals surface area (Å²) in [5, 5.41) is 0. The second-order valence-electron chi connectivity index (χ2n) is 1.69. The van der Waals surface area contributed by atoms with Crippen LogP contribution in [0.2, 0.25) is 0 Å². The van der Waals surface area contributed by atoms with E-state index in [1.165, 1.54) is 10.8 Å². The van der Waals surface area contributed by atoms with Crippen molar-refractivity contribution in [3.63, 3.8) is 0 Å². The quantitative estimate of drug-likeness (QED) is 0.591. The third-order valence-corrected chi connectivity index (χ3v) is 1.16. The summed E-state index contributed by atoms with van der Waals surface area (Å²) in [5.74, 6) is 0.407. The largest absolute Gasteiger partial charge is 0.308 e. The van der Waals surface area contributed by atoms with Crippen LogP contribution >= 0.6 is 0 Å². The normalized spacial score (nSPS) is 7.58. The second kappa shape index (κ2) is 8.24. The van der Waals surface area contributed by atoms with Gasteiger partial charge in [0.1, 0.15) is 5.82 Å². The van der Waals surface area contributed by atoms with Gasteiger partial charge in [-0.25, -0.2) is 4.98 Å². The molecule has 0 amide bonds. The molecule has 1 heterocycles. The molecule has 72 valence electrons. The van der Waals surface area contributed by atoms with Crippen LogP contribution in [-0.2, 0) is 7.05 Å². The number of rotatable bonds is 0. The molecule has 3 heteroatoms. The van der Waals surface area contributed by atoms with E-state index in [1.54, 1.807) is 14.0 Å². The van der Waals surface area contributed by atoms with E-state index in [0.29, 0.717) is 5.82 Å². The van der Waals surface area contributed by atoms with Gasteiger partial charge in [0.05, 0.1) is 6.20 Å². The Morgan fingerprint density at radius 2 is 1.67 bits per heavy atom. The number of imidazole rings is 1. The predicted octanol–water partition coefficient (Wildman–Crippen LogP) is 2.92. The van der Waals surface area contributed by atoms with Crippen molar-refractivity contribution in [3.05, 3.63) is 18.0 Å². The summed E-state index contributed by atoms with van der Waals surface area (Å²) >= 11 is 0. The first kappa shape index (κ1) is 13.7. The maximum absolute atomic E-state index is 12.2. The Morgan fingerprint density at radius 3 is 1.75 bits per heavy atom. The summed E-state index contributed by atoms with van der Waals surface area (Å²) in [6, 6.07) is 0. The maximum atomic E-state index is 12.2. The smallest absolute Gasteiger partial charge is 0.213 e. The fourth-order valence-electron chi connectivity index (χ4n) is 0.474. The molecule has 1 rings (SSSR count). The van der Waals surface area contributed by atoms with Crippen molar-refractivity contribution in [1.82, 2.24) is 9.55 Å². The molecular weight excluding hydrogens is 155 g/mol. The van der Waals surface area contributed by atoms with Gasteiger partial charge in [-0.3, -0.25) is 0 Å². The standard InChI is InChI=1S/C5H7FN2.2C2H6/c1-4-7-3-5(6)8(4)2;2*1-2/h3H,1-2H3;2*1-2H3. The Balaban J connectivity index is 0. The predicted molar refractivity (Wildman–Crippen MR) is 50.6 cm³/mol. The van der Waals surface area contributed by atoms with E-state index >= 15 is 0 Å². The Kier molecular flexibility index (Phi) is 9.41. The maximum Gasteiger partial charge on any atom is 0.213 e. The molecule has 0 aromatic carbocycles. The molecular formula is C9H19FN2. The van der Waals surface area contributed by atoms with Gasteiger partial charge >= 0.3 is 0 Å². The van der Waals surface area contributed by atoms with Crippen molar-refractivity contribution in [2.45, 2.75) is 34.6 Å². The molecule has 0 spiro atoms. The molecule has 1 aromatic heterocycles. The van der Waals surface area contributed by atoms with Crippen LogP contribution in [0.5, 0.6) is 0 Å². The fraction of sp³-hybridized carbons (Fsp3) is 0.667. The van der Waals surface area contributed by atoms with Gasteiger partial charge in [-0.15, -0.1) is 0 Å². The Hall–Kier alpha value is -0.860. The zero-order valence-corrected chi connectivity index (χ0v) is 8.85. The van der Waals surface area contributed by atoms with Gasteiger partial charge < -0.3 is 4.57 Å². The van der Waals surface area contributed by atoms with Crippen molar-refractivity contribution in [2.75, 3.05) is 0 Å². The molecule has 0 bridgehead atoms. The highest BCUT2D eigenvalue weighted by Crippen LogP contribution is 1.96. The Bertz CT molecular complexity index is 175. The highest BCUT2D eigenvalue weighted by Gasteiger charge is 1.96. The van der Waals surface area contributed by atoms with Crippen LogP contribution in [0.1, 0.15) is 33.5 Å². The first-order valence-corrected chi connectivity index (χ1v) is 4.35. The SMILES string of the molecule is CC.CC.Cc1ncc(F)n1C. The molecule has 0 aliphatic rings. The highest BCUT2D eigenvalue weighted by molar-refractivity contribution is 4.89. The molecule has 0 aliphatic heterocycles. The van der Waals surface area contributed by atoms with Crippen LogP contribution in [-0.4, -0.2) is 9.55 Å². The second-order valence-corrected chi connectivity index (χ2v) is 1.69. The molecule has 2 nitrogen and oxygen atoms in total. The molecule has 0 radical (unpaired) electrons. The van der Waals surface area contributed by atoms with Crippen LogP contribution in [0, 0.1) is 12.9 Å². The van der Waals surface area contributed by atoms with E-state index in [4.69, 9.17) is 0 Å². The molecule has 12 heavy (non-hydrogen) atoms. The summed E-state index contributed by atoms with van der Waals surface area (Å²) in [4.78, 5) is 3.70. The number of aryl methyl sites for hydroxylation is 1. The average Bonchev–Trinajstić information content (AvgIpc) is 2.43. The summed E-state index contributed by atoms with van der Waals surface area (Å²) in [6.07, 6.45) is 1.20. The zero-order valence-electron chi connectivity index (χ0n) is 8.85. The highest BCUT2D eigenvalue weighted by atomic mass is 19.1. The van der Waals surface area contributed by atoms with Gasteiger partial charge in [-0.2, -0.15) is 4.39 Å². The first-order valence-electron chi connectivity index (χ1n) is 4.35. The third kappa shape index (κ3) is 4.11. The van der Waals surface area contributed by atoms with E-state index in [1.807, 2.05) is 27.7 Å². The first-order chi connectivity index (χ1) is 5.72. The lowest BCUT2D eigenvalue weighted by Gasteiger charge is -1.90. The van der Waals surface area contributed by atoms with Gasteiger partial charge in [0.25, 0.3) is 0 Å². The number of halogens is 1. The van der Waals surface area contributed by atoms with Crippen LogP contribution in [0.4, 0.5) is 4.39 Å². The number of aromatic nitrogens is 2. The average molecular weight is 174 g/mol. The molecule has 0 atom stereocenters. The lowest BCUT2D eigenvalue weighted by Crippen LogP contribution is -1.93. The van der Waals surface area contributed by atoms with Gasteiger partial charge in [0.15, 0.2) is 0 Å². The van der Waals surface area contributed by atoms with E-state index in [-0.39, 0.29) is 5.95 Å². The van der Waals surface area contributed by atoms with Crippen LogP contribution < -0.4 is 0 Å². The molecule has 0 saturated carbocycles. The van der Waals surface area contributed by atoms with Crippen molar-refractivity contribution < 1.29 is 4.39 Å². The summed E-state index contributed by atoms with van der Waals surface area (Å²) in [6.45, 7) is 9.75. The number of hydrogen-bond donors (Lipinski definition) is 0. The monoisotopic (exact) mass is 174 g/mol. The van der Waals surface area contributed by atoms with Crippen molar-refractivity contribution in [3.8, 4) is 0 Å². The Morgan fingerprint density at radius 1 is 1.25 bits per heavy atom. The topological polar surface area (TPSA) is 17.8 Å². The van der Waals surface area contributed by atoms with Crippen molar-refractivity contribution >= 4 is 0 Å². The zero-order chi connectivity index (χ0) is 10.1. The molecule has 0 aliphatic carbocycles. The summed E-state index contributed by atoms with van der Waals surface area (Å²) in [7, 11) is 1.64. The van der Waals surface area contributed by atoms with Gasteiger partial charge in [0.2, 0.25) is 5.95 Å². The molecule has 0 saturated heterocycles. The van der Waals surface area contributed by atoms with Gasteiger partial charge in [-0.05, 0) is 6.92 Å². The fourth-order valence-corrected chi connectivity index (χ4v) is 0.474. The van der Waals surface area contributed by atoms with Crippen molar-refractivity contribution in [2.24, 2.45) is 7.05 Å². The third-order valence-electron chi connectivity index (χ3n) is 1.16. The van der Waals surface area contributed by atoms with E-state index in [9.17, 15) is 4.39 Å². The minimum Gasteiger partial charge on any atom is -0.308 e. The van der Waals surface area contributed by atoms with E-state index in [0.717, 1.165) is 0 Å². The van der Waals surface area contributed by atoms with E-state index in [2.05, 4.69) is 4.98 Å². The molecule has 0 fully saturated rings. The van der Waals surface area contributed by atoms with Gasteiger partial charge in [0, 0.05) is 7.05 Å². The van der Waals surface area contributed by atoms with Gasteiger partial charge in [-0.1, -0.05) is 27.7 Å². The molecule has 1 aromatic rings. The Labute approximate surface area is 74.4 Å². The summed E-state index contributed by atoms with van der Waals surface area (Å²) in [5.41, 5.74) is 0. The minimum absolute atomic E-state index is 0.289. The molecule has 0 unspecified atom stereocenters. The minimum atomic E-state index is -0.289. The van der Waals surface area contributed by atoms with Crippen molar-refractivity contribution in [1.29, 1.82) is 0 Å². The number of hydrogen-bond acceptors (Lipinski definition) is 1. The lowest BCUT2D eigenvalue weighted by molar-refractivity contribution is 0.530. The van der Waals surface area contributed by atoms with Crippen LogP contribution in [0.25, 0.3) is 0 Å². The molecule has 0 N–H and O–H groups in total. The lowest BCUT2D eigenvalue weighted by atomic mass is 10.7. The van der Waals surface area contributed by atoms with Crippen LogP contribution in [0.3, 0.4) is 0 Å². The van der Waals surface area contributed by atoms with Crippen LogP contribution in [0.15, 0.2) is 6.20 Å². The van der Waals surface area contributed by atoms with E-state index < -0.39 is 0 Å². The number of nitrogens with zero attached hydrogens (tertiary/aromatic N) is 2. The summed E-state index contributed by atoms with van der Waals surface area (Å²) < 4.78 is 13.6.